The number of sulfonamides is 3. The minimum absolute atomic E-state index is 0.272. The van der Waals surface area contributed by atoms with E-state index < -0.39 is 74.5 Å². The van der Waals surface area contributed by atoms with Gasteiger partial charge in [0.25, 0.3) is 30.1 Å². The highest BCUT2D eigenvalue weighted by molar-refractivity contribution is 8.05. The van der Waals surface area contributed by atoms with E-state index in [9.17, 15) is 60.4 Å². The number of halogens is 8. The van der Waals surface area contributed by atoms with Gasteiger partial charge in [-0.2, -0.15) is 39.4 Å². The molecule has 1 aliphatic rings. The predicted molar refractivity (Wildman–Crippen MR) is 93.6 cm³/mol. The van der Waals surface area contributed by atoms with Crippen LogP contribution in [0.1, 0.15) is 6.92 Å². The van der Waals surface area contributed by atoms with Crippen molar-refractivity contribution in [2.24, 2.45) is 0 Å². The smallest absolute Gasteiger partial charge is 0.304 e. The lowest BCUT2D eigenvalue weighted by atomic mass is 10.3. The maximum Gasteiger partial charge on any atom is 0.429 e. The molecule has 32 heavy (non-hydrogen) atoms. The second kappa shape index (κ2) is 8.29. The van der Waals surface area contributed by atoms with Crippen molar-refractivity contribution < 1.29 is 60.4 Å². The van der Waals surface area contributed by atoms with Crippen LogP contribution in [-0.4, -0.2) is 89.4 Å². The van der Waals surface area contributed by atoms with Crippen LogP contribution in [-0.2, 0) is 30.1 Å². The van der Waals surface area contributed by atoms with Gasteiger partial charge >= 0.3 is 21.7 Å². The molecule has 1 heterocycles. The highest BCUT2D eigenvalue weighted by Crippen LogP contribution is 2.51. The van der Waals surface area contributed by atoms with E-state index in [0.29, 0.717) is 6.92 Å². The van der Waals surface area contributed by atoms with E-state index in [0.717, 1.165) is 0 Å². The topological polar surface area (TPSA) is 121 Å². The Bertz CT molecular complexity index is 1070. The summed E-state index contributed by atoms with van der Waals surface area (Å²) >= 11 is 0. The van der Waals surface area contributed by atoms with Crippen molar-refractivity contribution in [1.82, 2.24) is 13.3 Å². The van der Waals surface area contributed by atoms with E-state index in [1.54, 1.807) is 0 Å². The molecular formula is C12H17F8N3O6S3. The Hall–Kier alpha value is -1.09. The Kier molecular flexibility index (Phi) is 7.50. The number of piperazine rings is 1. The first-order valence-electron chi connectivity index (χ1n) is 8.03. The van der Waals surface area contributed by atoms with Crippen LogP contribution >= 0.6 is 0 Å². The second-order valence-corrected chi connectivity index (χ2v) is 12.4. The average molecular weight is 547 g/mol. The summed E-state index contributed by atoms with van der Waals surface area (Å²) in [7, 11) is -19.6. The predicted octanol–water partition coefficient (Wildman–Crippen LogP) is 0.803. The molecule has 9 nitrogen and oxygen atoms in total. The van der Waals surface area contributed by atoms with Crippen LogP contribution in [0, 0.1) is 0 Å². The Labute approximate surface area is 178 Å². The Morgan fingerprint density at radius 3 is 1.56 bits per heavy atom. The third-order valence-corrected chi connectivity index (χ3v) is 9.91. The van der Waals surface area contributed by atoms with Crippen molar-refractivity contribution in [2.45, 2.75) is 28.6 Å². The van der Waals surface area contributed by atoms with Gasteiger partial charge in [0.15, 0.2) is 0 Å². The molecule has 0 radical (unpaired) electrons. The summed E-state index contributed by atoms with van der Waals surface area (Å²) in [6, 6.07) is 0. The van der Waals surface area contributed by atoms with Crippen molar-refractivity contribution in [3.8, 4) is 0 Å². The van der Waals surface area contributed by atoms with E-state index >= 15 is 0 Å². The monoisotopic (exact) mass is 547 g/mol. The summed E-state index contributed by atoms with van der Waals surface area (Å²) in [6.07, 6.45) is 0. The lowest BCUT2D eigenvalue weighted by molar-refractivity contribution is -0.245. The maximum atomic E-state index is 14.2. The molecule has 0 aromatic carbocycles. The van der Waals surface area contributed by atoms with Crippen molar-refractivity contribution in [1.29, 1.82) is 0 Å². The number of rotatable bonds is 9. The number of hydrogen-bond donors (Lipinski definition) is 1. The van der Waals surface area contributed by atoms with Gasteiger partial charge in [-0.1, -0.05) is 10.7 Å². The standard InChI is InChI=1S/C12H17F8N3O6S3/c1-8(2)9(13,14)30(24,25)21-31(26,27)11(17,18)10(15,16)12(19,20)32(28,29)23-6-4-22(3)5-7-23/h21H,1,4-7H2,2-3H3. The van der Waals surface area contributed by atoms with Crippen LogP contribution in [0.25, 0.3) is 0 Å². The van der Waals surface area contributed by atoms with Crippen molar-refractivity contribution in [3.05, 3.63) is 12.2 Å². The molecule has 0 aliphatic carbocycles. The van der Waals surface area contributed by atoms with Crippen LogP contribution in [0.3, 0.4) is 0 Å². The Morgan fingerprint density at radius 2 is 1.19 bits per heavy atom. The van der Waals surface area contributed by atoms with E-state index in [4.69, 9.17) is 0 Å². The van der Waals surface area contributed by atoms with Gasteiger partial charge in [-0.15, -0.1) is 0 Å². The number of hydrogen-bond acceptors (Lipinski definition) is 7. The molecule has 0 aromatic heterocycles. The van der Waals surface area contributed by atoms with Gasteiger partial charge in [-0.25, -0.2) is 25.3 Å². The zero-order chi connectivity index (χ0) is 25.8. The molecule has 0 amide bonds. The number of nitrogens with zero attached hydrogens (tertiary/aromatic N) is 2. The summed E-state index contributed by atoms with van der Waals surface area (Å²) in [4.78, 5) is 1.37. The molecule has 0 aromatic rings. The first-order valence-corrected chi connectivity index (χ1v) is 12.4. The minimum Gasteiger partial charge on any atom is -0.304 e. The zero-order valence-corrected chi connectivity index (χ0v) is 18.6. The van der Waals surface area contributed by atoms with Crippen LogP contribution in [0.15, 0.2) is 12.2 Å². The van der Waals surface area contributed by atoms with E-state index in [2.05, 4.69) is 6.58 Å². The van der Waals surface area contributed by atoms with E-state index in [1.807, 2.05) is 0 Å². The van der Waals surface area contributed by atoms with Crippen LogP contribution < -0.4 is 4.13 Å². The first kappa shape index (κ1) is 28.9. The lowest BCUT2D eigenvalue weighted by Gasteiger charge is -2.37. The Balaban J connectivity index is 3.48. The number of alkyl halides is 8. The summed E-state index contributed by atoms with van der Waals surface area (Å²) in [5, 5.41) is -19.3. The molecule has 0 spiro atoms. The van der Waals surface area contributed by atoms with Gasteiger partial charge in [-0.05, 0) is 14.0 Å². The molecule has 1 N–H and O–H groups in total. The van der Waals surface area contributed by atoms with E-state index in [1.165, 1.54) is 11.9 Å². The SMILES string of the molecule is C=C(C)C(F)(F)S(=O)(=O)NS(=O)(=O)C(F)(F)C(F)(F)C(F)(F)S(=O)(=O)N1CCN(C)CC1. The van der Waals surface area contributed by atoms with Crippen LogP contribution in [0.5, 0.6) is 0 Å². The fraction of sp³-hybridized carbons (Fsp3) is 0.833. The third-order valence-electron chi connectivity index (χ3n) is 4.25. The fourth-order valence-corrected chi connectivity index (χ4v) is 6.57. The van der Waals surface area contributed by atoms with Crippen molar-refractivity contribution in [2.75, 3.05) is 33.2 Å². The van der Waals surface area contributed by atoms with Gasteiger partial charge in [0, 0.05) is 31.8 Å². The average Bonchev–Trinajstić information content (AvgIpc) is 2.60. The molecular weight excluding hydrogens is 530 g/mol. The maximum absolute atomic E-state index is 14.2. The molecule has 0 bridgehead atoms. The minimum atomic E-state index is -7.59. The summed E-state index contributed by atoms with van der Waals surface area (Å²) in [6.45, 7) is 0.517. The summed E-state index contributed by atoms with van der Waals surface area (Å²) in [5.41, 5.74) is -1.64. The molecule has 1 aliphatic heterocycles. The second-order valence-electron chi connectivity index (χ2n) is 6.70. The van der Waals surface area contributed by atoms with Gasteiger partial charge < -0.3 is 4.90 Å². The first-order chi connectivity index (χ1) is 13.9. The van der Waals surface area contributed by atoms with Gasteiger partial charge in [-0.3, -0.25) is 0 Å². The molecule has 190 valence electrons. The highest BCUT2D eigenvalue weighted by atomic mass is 32.3. The number of likely N-dealkylation sites (N-methyl/N-ethyl adjacent to an activating group) is 1. The Morgan fingerprint density at radius 1 is 0.781 bits per heavy atom. The van der Waals surface area contributed by atoms with Gasteiger partial charge in [0.2, 0.25) is 0 Å². The van der Waals surface area contributed by atoms with Crippen LogP contribution in [0.4, 0.5) is 35.1 Å². The molecule has 1 rings (SSSR count). The van der Waals surface area contributed by atoms with Crippen LogP contribution in [0.2, 0.25) is 0 Å². The lowest BCUT2D eigenvalue weighted by Crippen LogP contribution is -2.66. The molecule has 1 saturated heterocycles. The summed E-state index contributed by atoms with van der Waals surface area (Å²) in [5.74, 6) is -7.30. The molecule has 0 saturated carbocycles. The highest BCUT2D eigenvalue weighted by Gasteiger charge is 2.83. The largest absolute Gasteiger partial charge is 0.429 e. The zero-order valence-electron chi connectivity index (χ0n) is 16.1. The normalized spacial score (nSPS) is 19.2. The van der Waals surface area contributed by atoms with Gasteiger partial charge in [0.05, 0.1) is 0 Å². The fourth-order valence-electron chi connectivity index (χ4n) is 2.17. The number of nitrogens with one attached hydrogen (secondary N) is 1. The van der Waals surface area contributed by atoms with Gasteiger partial charge in [0.1, 0.15) is 0 Å². The van der Waals surface area contributed by atoms with Crippen molar-refractivity contribution in [3.63, 3.8) is 0 Å². The molecule has 0 atom stereocenters. The van der Waals surface area contributed by atoms with E-state index in [-0.39, 0.29) is 17.4 Å². The van der Waals surface area contributed by atoms with Crippen molar-refractivity contribution >= 4 is 30.1 Å². The quantitative estimate of drug-likeness (QED) is 0.335. The molecule has 20 heteroatoms. The molecule has 0 unspecified atom stereocenters. The third kappa shape index (κ3) is 4.36. The molecule has 1 fully saturated rings. The summed E-state index contributed by atoms with van der Waals surface area (Å²) < 4.78 is 181.